The number of nitrogens with one attached hydrogen (secondary N) is 1. The highest BCUT2D eigenvalue weighted by atomic mass is 32.3. The number of hydroxylamine groups is 2. The molecule has 0 radical (unpaired) electrons. The fraction of sp³-hybridized carbons (Fsp3) is 0.733. The van der Waals surface area contributed by atoms with E-state index in [0.29, 0.717) is 25.2 Å². The van der Waals surface area contributed by atoms with Gasteiger partial charge in [-0.2, -0.15) is 13.5 Å². The van der Waals surface area contributed by atoms with E-state index in [1.54, 1.807) is 6.07 Å². The number of aromatic nitrogens is 1. The monoisotopic (exact) mass is 417 g/mol. The first-order valence-electron chi connectivity index (χ1n) is 9.06. The van der Waals surface area contributed by atoms with Crippen molar-refractivity contribution in [3.05, 3.63) is 17.5 Å². The quantitative estimate of drug-likeness (QED) is 0.314. The fourth-order valence-corrected chi connectivity index (χ4v) is 4.51. The summed E-state index contributed by atoms with van der Waals surface area (Å²) in [6.07, 6.45) is 1.29. The maximum Gasteiger partial charge on any atom is 0.418 e. The number of aliphatic hydroxyl groups is 1. The van der Waals surface area contributed by atoms with Crippen LogP contribution >= 0.6 is 0 Å². The second kappa shape index (κ2) is 6.93. The number of carbonyl (C=O) groups is 1. The van der Waals surface area contributed by atoms with Crippen LogP contribution in [0.3, 0.4) is 0 Å². The molecule has 1 aromatic heterocycles. The smallest absolute Gasteiger partial charge is 0.384 e. The van der Waals surface area contributed by atoms with Gasteiger partial charge in [-0.05, 0) is 24.7 Å². The lowest BCUT2D eigenvalue weighted by atomic mass is 9.84. The van der Waals surface area contributed by atoms with Crippen molar-refractivity contribution in [2.75, 3.05) is 26.2 Å². The van der Waals surface area contributed by atoms with Crippen LogP contribution in [0.5, 0.6) is 0 Å². The van der Waals surface area contributed by atoms with Crippen molar-refractivity contribution in [2.24, 2.45) is 11.1 Å². The summed E-state index contributed by atoms with van der Waals surface area (Å²) in [6.45, 7) is 1.51. The van der Waals surface area contributed by atoms with E-state index in [9.17, 15) is 18.3 Å². The first kappa shape index (κ1) is 19.5. The molecule has 0 aromatic carbocycles. The second-order valence-electron chi connectivity index (χ2n) is 7.52. The highest BCUT2D eigenvalue weighted by Crippen LogP contribution is 2.61. The Morgan fingerprint density at radius 3 is 2.89 bits per heavy atom. The number of amides is 2. The Hall–Kier alpha value is -1.77. The number of piperidine rings is 1. The van der Waals surface area contributed by atoms with Gasteiger partial charge in [0.25, 0.3) is 0 Å². The van der Waals surface area contributed by atoms with Crippen molar-refractivity contribution in [1.82, 2.24) is 20.4 Å². The van der Waals surface area contributed by atoms with Gasteiger partial charge < -0.3 is 25.6 Å². The Morgan fingerprint density at radius 2 is 2.25 bits per heavy atom. The average Bonchev–Trinajstić information content (AvgIpc) is 3.12. The molecule has 28 heavy (non-hydrogen) atoms. The SMILES string of the molecule is NCCNCC(O)c1cc([C@@H]2CC3(CC3)[C@@H]3CN2C(=O)N3OS(=O)(=O)O)no1. The topological polar surface area (TPSA) is 171 Å². The zero-order chi connectivity index (χ0) is 20.1. The van der Waals surface area contributed by atoms with Crippen molar-refractivity contribution in [3.8, 4) is 0 Å². The minimum absolute atomic E-state index is 0.251. The lowest BCUT2D eigenvalue weighted by Gasteiger charge is -2.35. The summed E-state index contributed by atoms with van der Waals surface area (Å²) in [4.78, 5) is 14.2. The zero-order valence-corrected chi connectivity index (χ0v) is 15.8. The fourth-order valence-electron chi connectivity index (χ4n) is 4.14. The maximum atomic E-state index is 12.7. The van der Waals surface area contributed by atoms with Crippen molar-refractivity contribution < 1.29 is 31.7 Å². The molecular weight excluding hydrogens is 394 g/mol. The predicted octanol–water partition coefficient (Wildman–Crippen LogP) is -0.678. The Bertz CT molecular complexity index is 855. The number of fused-ring (bicyclic) bond motifs is 3. The summed E-state index contributed by atoms with van der Waals surface area (Å²) in [6, 6.07) is 0.0831. The molecule has 156 valence electrons. The number of hydrogen-bond donors (Lipinski definition) is 4. The van der Waals surface area contributed by atoms with E-state index in [1.165, 1.54) is 4.90 Å². The molecule has 13 heteroatoms. The van der Waals surface area contributed by atoms with Gasteiger partial charge in [0.2, 0.25) is 0 Å². The molecule has 12 nitrogen and oxygen atoms in total. The third kappa shape index (κ3) is 3.49. The van der Waals surface area contributed by atoms with Gasteiger partial charge in [-0.15, -0.1) is 4.28 Å². The van der Waals surface area contributed by atoms with Crippen LogP contribution in [-0.2, 0) is 14.7 Å². The number of urea groups is 1. The van der Waals surface area contributed by atoms with E-state index in [-0.39, 0.29) is 24.3 Å². The number of nitrogens with two attached hydrogens (primary N) is 1. The molecule has 2 saturated heterocycles. The molecule has 5 N–H and O–H groups in total. The lowest BCUT2D eigenvalue weighted by molar-refractivity contribution is -0.0527. The molecule has 1 unspecified atom stereocenters. The van der Waals surface area contributed by atoms with Gasteiger partial charge >= 0.3 is 16.4 Å². The Balaban J connectivity index is 1.53. The Kier molecular flexibility index (Phi) is 4.84. The molecule has 3 heterocycles. The normalized spacial score (nSPS) is 26.9. The predicted molar refractivity (Wildman–Crippen MR) is 92.8 cm³/mol. The van der Waals surface area contributed by atoms with Gasteiger partial charge in [0.1, 0.15) is 11.8 Å². The molecule has 1 spiro atoms. The summed E-state index contributed by atoms with van der Waals surface area (Å²) in [5.74, 6) is 0.268. The summed E-state index contributed by atoms with van der Waals surface area (Å²) >= 11 is 0. The number of rotatable bonds is 8. The molecule has 4 rings (SSSR count). The summed E-state index contributed by atoms with van der Waals surface area (Å²) in [7, 11) is -4.81. The first-order chi connectivity index (χ1) is 13.2. The number of carbonyl (C=O) groups excluding carboxylic acids is 1. The second-order valence-corrected chi connectivity index (χ2v) is 8.53. The maximum absolute atomic E-state index is 12.7. The van der Waals surface area contributed by atoms with E-state index in [4.69, 9.17) is 14.8 Å². The van der Waals surface area contributed by atoms with E-state index in [2.05, 4.69) is 14.8 Å². The van der Waals surface area contributed by atoms with Crippen LogP contribution in [0, 0.1) is 5.41 Å². The lowest BCUT2D eigenvalue weighted by Crippen LogP contribution is -2.43. The van der Waals surface area contributed by atoms with E-state index in [1.807, 2.05) is 0 Å². The summed E-state index contributed by atoms with van der Waals surface area (Å²) in [5, 5.41) is 17.9. The molecule has 3 atom stereocenters. The molecule has 3 aliphatic rings. The highest BCUT2D eigenvalue weighted by molar-refractivity contribution is 7.80. The molecule has 1 aliphatic carbocycles. The summed E-state index contributed by atoms with van der Waals surface area (Å²) < 4.78 is 41.1. The van der Waals surface area contributed by atoms with Gasteiger partial charge in [0, 0.05) is 32.2 Å². The minimum atomic E-state index is -4.81. The van der Waals surface area contributed by atoms with Crippen LogP contribution in [0.15, 0.2) is 10.6 Å². The number of nitrogens with zero attached hydrogens (tertiary/aromatic N) is 3. The molecule has 3 fully saturated rings. The highest BCUT2D eigenvalue weighted by Gasteiger charge is 2.64. The summed E-state index contributed by atoms with van der Waals surface area (Å²) in [5.41, 5.74) is 5.61. The van der Waals surface area contributed by atoms with Gasteiger partial charge in [-0.3, -0.25) is 4.55 Å². The Morgan fingerprint density at radius 1 is 1.50 bits per heavy atom. The van der Waals surface area contributed by atoms with Gasteiger partial charge in [0.15, 0.2) is 5.76 Å². The van der Waals surface area contributed by atoms with Crippen molar-refractivity contribution in [1.29, 1.82) is 0 Å². The molecular formula is C15H23N5O7S. The number of hydrogen-bond acceptors (Lipinski definition) is 9. The van der Waals surface area contributed by atoms with Gasteiger partial charge in [0.05, 0.1) is 12.1 Å². The first-order valence-corrected chi connectivity index (χ1v) is 10.4. The third-order valence-electron chi connectivity index (χ3n) is 5.71. The molecule has 2 bridgehead atoms. The van der Waals surface area contributed by atoms with Gasteiger partial charge in [-0.1, -0.05) is 5.16 Å². The van der Waals surface area contributed by atoms with Crippen LogP contribution in [0.1, 0.15) is 42.9 Å². The van der Waals surface area contributed by atoms with Gasteiger partial charge in [-0.25, -0.2) is 4.79 Å². The number of aliphatic hydroxyl groups excluding tert-OH is 1. The molecule has 1 aromatic rings. The molecule has 1 saturated carbocycles. The van der Waals surface area contributed by atoms with Crippen LogP contribution in [0.2, 0.25) is 0 Å². The van der Waals surface area contributed by atoms with Crippen LogP contribution in [0.4, 0.5) is 4.79 Å². The third-order valence-corrected chi connectivity index (χ3v) is 6.06. The van der Waals surface area contributed by atoms with Crippen LogP contribution in [-0.4, -0.2) is 71.4 Å². The average molecular weight is 417 g/mol. The van der Waals surface area contributed by atoms with E-state index < -0.39 is 34.6 Å². The minimum Gasteiger partial charge on any atom is -0.384 e. The largest absolute Gasteiger partial charge is 0.418 e. The van der Waals surface area contributed by atoms with Crippen LogP contribution in [0.25, 0.3) is 0 Å². The van der Waals surface area contributed by atoms with E-state index in [0.717, 1.165) is 17.9 Å². The molecule has 2 amide bonds. The van der Waals surface area contributed by atoms with Crippen molar-refractivity contribution in [3.63, 3.8) is 0 Å². The zero-order valence-electron chi connectivity index (χ0n) is 15.0. The molecule has 2 aliphatic heterocycles. The standard InChI is InChI=1S/C15H23N5O7S/c16-3-4-17-7-11(21)12-5-9(18-26-12)10-6-15(1-2-15)13-8-19(10)14(22)20(13)27-28(23,24)25/h5,10-11,13,17,21H,1-4,6-8,16H2,(H,23,24,25)/t10-,11?,13-/m0/s1. The van der Waals surface area contributed by atoms with Crippen LogP contribution < -0.4 is 11.1 Å². The Labute approximate surface area is 161 Å². The van der Waals surface area contributed by atoms with Crippen molar-refractivity contribution in [2.45, 2.75) is 37.5 Å². The van der Waals surface area contributed by atoms with Crippen molar-refractivity contribution >= 4 is 16.4 Å². The van der Waals surface area contributed by atoms with E-state index >= 15 is 0 Å².